The highest BCUT2D eigenvalue weighted by molar-refractivity contribution is 5.19. The zero-order valence-corrected chi connectivity index (χ0v) is 11.7. The number of likely N-dealkylation sites (tertiary alicyclic amines) is 1. The van der Waals surface area contributed by atoms with Crippen LogP contribution in [0.5, 0.6) is 0 Å². The van der Waals surface area contributed by atoms with Crippen molar-refractivity contribution in [2.24, 2.45) is 5.92 Å². The number of halogens is 3. The van der Waals surface area contributed by atoms with E-state index in [0.29, 0.717) is 13.0 Å². The molecule has 1 heterocycles. The molecule has 0 saturated carbocycles. The monoisotopic (exact) mass is 286 g/mol. The summed E-state index contributed by atoms with van der Waals surface area (Å²) < 4.78 is 38.8. The molecule has 0 aromatic heterocycles. The Hall–Kier alpha value is -1.07. The zero-order valence-electron chi connectivity index (χ0n) is 11.7. The molecular formula is C15H21F3N2. The highest BCUT2D eigenvalue weighted by atomic mass is 19.4. The third-order valence-electron chi connectivity index (χ3n) is 3.94. The molecule has 1 saturated heterocycles. The van der Waals surface area contributed by atoms with Gasteiger partial charge in [-0.05, 0) is 32.0 Å². The minimum Gasteiger partial charge on any atom is -0.318 e. The van der Waals surface area contributed by atoms with Crippen molar-refractivity contribution in [1.29, 1.82) is 0 Å². The SMILES string of the molecule is CNCC(c1ccccc1)N1CCCC(C(F)(F)F)C1. The van der Waals surface area contributed by atoms with E-state index in [1.165, 1.54) is 0 Å². The minimum atomic E-state index is -4.08. The molecule has 1 N–H and O–H groups in total. The standard InChI is InChI=1S/C15H21F3N2/c1-19-10-14(12-6-3-2-4-7-12)20-9-5-8-13(11-20)15(16,17)18/h2-4,6-7,13-14,19H,5,8-11H2,1H3. The van der Waals surface area contributed by atoms with E-state index in [4.69, 9.17) is 0 Å². The Morgan fingerprint density at radius 1 is 1.30 bits per heavy atom. The molecule has 0 amide bonds. The van der Waals surface area contributed by atoms with Gasteiger partial charge in [0.2, 0.25) is 0 Å². The molecule has 1 aliphatic heterocycles. The van der Waals surface area contributed by atoms with Crippen molar-refractivity contribution in [3.05, 3.63) is 35.9 Å². The molecule has 112 valence electrons. The number of rotatable bonds is 4. The van der Waals surface area contributed by atoms with Gasteiger partial charge in [0.1, 0.15) is 0 Å². The Balaban J connectivity index is 2.13. The van der Waals surface area contributed by atoms with E-state index in [9.17, 15) is 13.2 Å². The number of nitrogens with zero attached hydrogens (tertiary/aromatic N) is 1. The molecule has 2 nitrogen and oxygen atoms in total. The normalized spacial score (nSPS) is 22.7. The molecule has 2 atom stereocenters. The number of benzene rings is 1. The molecule has 0 aliphatic carbocycles. The van der Waals surface area contributed by atoms with Crippen LogP contribution < -0.4 is 5.32 Å². The van der Waals surface area contributed by atoms with Gasteiger partial charge < -0.3 is 5.32 Å². The Kier molecular flexibility index (Phi) is 5.05. The topological polar surface area (TPSA) is 15.3 Å². The average Bonchev–Trinajstić information content (AvgIpc) is 2.45. The van der Waals surface area contributed by atoms with Crippen LogP contribution in [-0.4, -0.2) is 37.8 Å². The molecule has 5 heteroatoms. The maximum absolute atomic E-state index is 12.9. The summed E-state index contributed by atoms with van der Waals surface area (Å²) in [4.78, 5) is 1.97. The van der Waals surface area contributed by atoms with Crippen LogP contribution in [0.3, 0.4) is 0 Å². The lowest BCUT2D eigenvalue weighted by molar-refractivity contribution is -0.188. The van der Waals surface area contributed by atoms with Crippen LogP contribution in [0.2, 0.25) is 0 Å². The van der Waals surface area contributed by atoms with Crippen LogP contribution in [-0.2, 0) is 0 Å². The Bertz CT molecular complexity index is 405. The predicted molar refractivity (Wildman–Crippen MR) is 73.5 cm³/mol. The van der Waals surface area contributed by atoms with Crippen molar-refractivity contribution in [1.82, 2.24) is 10.2 Å². The molecular weight excluding hydrogens is 265 g/mol. The Labute approximate surface area is 118 Å². The Morgan fingerprint density at radius 3 is 2.60 bits per heavy atom. The van der Waals surface area contributed by atoms with Gasteiger partial charge in [-0.25, -0.2) is 0 Å². The van der Waals surface area contributed by atoms with E-state index in [1.807, 2.05) is 42.3 Å². The summed E-state index contributed by atoms with van der Waals surface area (Å²) in [6.45, 7) is 1.49. The number of hydrogen-bond acceptors (Lipinski definition) is 2. The molecule has 20 heavy (non-hydrogen) atoms. The van der Waals surface area contributed by atoms with Gasteiger partial charge in [-0.3, -0.25) is 4.90 Å². The smallest absolute Gasteiger partial charge is 0.318 e. The lowest BCUT2D eigenvalue weighted by Crippen LogP contribution is -2.45. The number of nitrogens with one attached hydrogen (secondary N) is 1. The van der Waals surface area contributed by atoms with Crippen LogP contribution >= 0.6 is 0 Å². The fourth-order valence-electron chi connectivity index (χ4n) is 2.88. The lowest BCUT2D eigenvalue weighted by Gasteiger charge is -2.39. The molecule has 0 radical (unpaired) electrons. The van der Waals surface area contributed by atoms with Crippen molar-refractivity contribution in [3.8, 4) is 0 Å². The highest BCUT2D eigenvalue weighted by Crippen LogP contribution is 2.35. The number of hydrogen-bond donors (Lipinski definition) is 1. The van der Waals surface area contributed by atoms with Crippen LogP contribution in [0.4, 0.5) is 13.2 Å². The van der Waals surface area contributed by atoms with E-state index >= 15 is 0 Å². The van der Waals surface area contributed by atoms with Crippen LogP contribution in [0, 0.1) is 5.92 Å². The van der Waals surface area contributed by atoms with Gasteiger partial charge in [0, 0.05) is 19.1 Å². The maximum Gasteiger partial charge on any atom is 0.393 e. The summed E-state index contributed by atoms with van der Waals surface area (Å²) >= 11 is 0. The summed E-state index contributed by atoms with van der Waals surface area (Å²) in [5.74, 6) is -1.20. The minimum absolute atomic E-state index is 0.00588. The summed E-state index contributed by atoms with van der Waals surface area (Å²) in [6, 6.07) is 9.77. The van der Waals surface area contributed by atoms with Gasteiger partial charge in [-0.1, -0.05) is 30.3 Å². The Morgan fingerprint density at radius 2 is 2.00 bits per heavy atom. The second-order valence-electron chi connectivity index (χ2n) is 5.36. The van der Waals surface area contributed by atoms with Crippen molar-refractivity contribution in [3.63, 3.8) is 0 Å². The molecule has 0 spiro atoms. The third kappa shape index (κ3) is 3.73. The van der Waals surface area contributed by atoms with Crippen LogP contribution in [0.15, 0.2) is 30.3 Å². The molecule has 1 aromatic carbocycles. The van der Waals surface area contributed by atoms with E-state index in [0.717, 1.165) is 12.1 Å². The lowest BCUT2D eigenvalue weighted by atomic mass is 9.94. The summed E-state index contributed by atoms with van der Waals surface area (Å²) in [5, 5.41) is 3.09. The molecule has 1 aromatic rings. The number of alkyl halides is 3. The second kappa shape index (κ2) is 6.59. The van der Waals surface area contributed by atoms with Crippen LogP contribution in [0.1, 0.15) is 24.4 Å². The van der Waals surface area contributed by atoms with E-state index < -0.39 is 12.1 Å². The fraction of sp³-hybridized carbons (Fsp3) is 0.600. The van der Waals surface area contributed by atoms with Gasteiger partial charge in [0.25, 0.3) is 0 Å². The molecule has 2 unspecified atom stereocenters. The summed E-state index contributed by atoms with van der Waals surface area (Å²) in [7, 11) is 1.83. The average molecular weight is 286 g/mol. The van der Waals surface area contributed by atoms with E-state index in [-0.39, 0.29) is 19.0 Å². The van der Waals surface area contributed by atoms with Crippen molar-refractivity contribution in [2.45, 2.75) is 25.1 Å². The fourth-order valence-corrected chi connectivity index (χ4v) is 2.88. The van der Waals surface area contributed by atoms with Gasteiger partial charge >= 0.3 is 6.18 Å². The van der Waals surface area contributed by atoms with Gasteiger partial charge in [0.15, 0.2) is 0 Å². The maximum atomic E-state index is 12.9. The van der Waals surface area contributed by atoms with E-state index in [1.54, 1.807) is 0 Å². The van der Waals surface area contributed by atoms with Gasteiger partial charge in [0.05, 0.1) is 5.92 Å². The van der Waals surface area contributed by atoms with Crippen molar-refractivity contribution in [2.75, 3.05) is 26.7 Å². The van der Waals surface area contributed by atoms with Crippen molar-refractivity contribution < 1.29 is 13.2 Å². The molecule has 0 bridgehead atoms. The zero-order chi connectivity index (χ0) is 14.6. The molecule has 1 aliphatic rings. The predicted octanol–water partition coefficient (Wildman–Crippen LogP) is 3.22. The first-order chi connectivity index (χ1) is 9.52. The van der Waals surface area contributed by atoms with Gasteiger partial charge in [-0.15, -0.1) is 0 Å². The second-order valence-corrected chi connectivity index (χ2v) is 5.36. The highest BCUT2D eigenvalue weighted by Gasteiger charge is 2.42. The summed E-state index contributed by atoms with van der Waals surface area (Å²) in [5.41, 5.74) is 1.07. The quantitative estimate of drug-likeness (QED) is 0.914. The van der Waals surface area contributed by atoms with E-state index in [2.05, 4.69) is 5.32 Å². The summed E-state index contributed by atoms with van der Waals surface area (Å²) in [6.07, 6.45) is -3.22. The van der Waals surface area contributed by atoms with Crippen molar-refractivity contribution >= 4 is 0 Å². The first-order valence-electron chi connectivity index (χ1n) is 7.02. The first kappa shape index (κ1) is 15.3. The largest absolute Gasteiger partial charge is 0.393 e. The first-order valence-corrected chi connectivity index (χ1v) is 7.02. The molecule has 1 fully saturated rings. The molecule has 2 rings (SSSR count). The number of piperidine rings is 1. The van der Waals surface area contributed by atoms with Crippen LogP contribution in [0.25, 0.3) is 0 Å². The van der Waals surface area contributed by atoms with Gasteiger partial charge in [-0.2, -0.15) is 13.2 Å². The third-order valence-corrected chi connectivity index (χ3v) is 3.94. The number of likely N-dealkylation sites (N-methyl/N-ethyl adjacent to an activating group) is 1.